The van der Waals surface area contributed by atoms with Crippen LogP contribution in [0.1, 0.15) is 30.9 Å². The summed E-state index contributed by atoms with van der Waals surface area (Å²) in [6.45, 7) is 4.21. The molecule has 108 valence electrons. The molecular formula is C16H21NO3. The van der Waals surface area contributed by atoms with Crippen molar-refractivity contribution in [1.29, 1.82) is 0 Å². The first kappa shape index (κ1) is 14.6. The predicted molar refractivity (Wildman–Crippen MR) is 76.3 cm³/mol. The fourth-order valence-electron chi connectivity index (χ4n) is 2.13. The standard InChI is InChI=1S/C16H21NO3/c1-3-20-16(19)11-17(14-8-9-14)15(18)10-13-6-4-12(2)5-7-13/h4-7,14H,3,8-11H2,1-2H3. The van der Waals surface area contributed by atoms with Crippen molar-refractivity contribution in [2.75, 3.05) is 13.2 Å². The fraction of sp³-hybridized carbons (Fsp3) is 0.500. The van der Waals surface area contributed by atoms with Gasteiger partial charge in [-0.3, -0.25) is 9.59 Å². The molecule has 4 heteroatoms. The van der Waals surface area contributed by atoms with Crippen molar-refractivity contribution in [3.05, 3.63) is 35.4 Å². The average Bonchev–Trinajstić information content (AvgIpc) is 3.23. The van der Waals surface area contributed by atoms with Crippen LogP contribution in [-0.4, -0.2) is 36.0 Å². The van der Waals surface area contributed by atoms with Gasteiger partial charge in [0.05, 0.1) is 13.0 Å². The maximum absolute atomic E-state index is 12.3. The Hall–Kier alpha value is -1.84. The number of amides is 1. The highest BCUT2D eigenvalue weighted by molar-refractivity contribution is 5.84. The minimum absolute atomic E-state index is 0.00408. The van der Waals surface area contributed by atoms with Gasteiger partial charge < -0.3 is 9.64 Å². The number of esters is 1. The number of rotatable bonds is 6. The van der Waals surface area contributed by atoms with E-state index in [1.807, 2.05) is 31.2 Å². The summed E-state index contributed by atoms with van der Waals surface area (Å²) in [5.41, 5.74) is 2.15. The highest BCUT2D eigenvalue weighted by Gasteiger charge is 2.33. The molecule has 4 nitrogen and oxygen atoms in total. The Bertz CT molecular complexity index is 477. The zero-order valence-electron chi connectivity index (χ0n) is 12.1. The summed E-state index contributed by atoms with van der Waals surface area (Å²) in [4.78, 5) is 25.6. The number of hydrogen-bond acceptors (Lipinski definition) is 3. The summed E-state index contributed by atoms with van der Waals surface area (Å²) in [5, 5.41) is 0. The summed E-state index contributed by atoms with van der Waals surface area (Å²) in [6, 6.07) is 8.13. The quantitative estimate of drug-likeness (QED) is 0.747. The first-order chi connectivity index (χ1) is 9.60. The van der Waals surface area contributed by atoms with Gasteiger partial charge in [-0.25, -0.2) is 0 Å². The maximum Gasteiger partial charge on any atom is 0.325 e. The summed E-state index contributed by atoms with van der Waals surface area (Å²) < 4.78 is 4.93. The summed E-state index contributed by atoms with van der Waals surface area (Å²) in [7, 11) is 0. The Labute approximate surface area is 119 Å². The van der Waals surface area contributed by atoms with Crippen molar-refractivity contribution in [1.82, 2.24) is 4.90 Å². The summed E-state index contributed by atoms with van der Waals surface area (Å²) in [6.07, 6.45) is 2.31. The van der Waals surface area contributed by atoms with Crippen molar-refractivity contribution in [3.63, 3.8) is 0 Å². The van der Waals surface area contributed by atoms with E-state index in [1.165, 1.54) is 5.56 Å². The molecule has 1 amide bonds. The van der Waals surface area contributed by atoms with Crippen LogP contribution in [-0.2, 0) is 20.7 Å². The first-order valence-electron chi connectivity index (χ1n) is 7.10. The Morgan fingerprint density at radius 2 is 1.90 bits per heavy atom. The lowest BCUT2D eigenvalue weighted by atomic mass is 10.1. The van der Waals surface area contributed by atoms with Gasteiger partial charge in [-0.15, -0.1) is 0 Å². The molecule has 2 rings (SSSR count). The second-order valence-corrected chi connectivity index (χ2v) is 5.22. The molecule has 1 aliphatic carbocycles. The lowest BCUT2D eigenvalue weighted by Gasteiger charge is -2.21. The molecule has 0 aliphatic heterocycles. The van der Waals surface area contributed by atoms with Gasteiger partial charge in [-0.1, -0.05) is 29.8 Å². The zero-order chi connectivity index (χ0) is 14.5. The van der Waals surface area contributed by atoms with Gasteiger partial charge in [0.1, 0.15) is 6.54 Å². The molecule has 0 heterocycles. The predicted octanol–water partition coefficient (Wildman–Crippen LogP) is 2.09. The third-order valence-corrected chi connectivity index (χ3v) is 3.39. The van der Waals surface area contributed by atoms with E-state index in [0.29, 0.717) is 13.0 Å². The highest BCUT2D eigenvalue weighted by atomic mass is 16.5. The van der Waals surface area contributed by atoms with Crippen molar-refractivity contribution in [2.45, 2.75) is 39.2 Å². The molecule has 0 radical (unpaired) electrons. The van der Waals surface area contributed by atoms with Crippen LogP contribution in [0.4, 0.5) is 0 Å². The third kappa shape index (κ3) is 4.08. The zero-order valence-corrected chi connectivity index (χ0v) is 12.1. The van der Waals surface area contributed by atoms with E-state index in [1.54, 1.807) is 11.8 Å². The van der Waals surface area contributed by atoms with Crippen LogP contribution in [0.3, 0.4) is 0 Å². The lowest BCUT2D eigenvalue weighted by molar-refractivity contribution is -0.149. The Morgan fingerprint density at radius 3 is 2.45 bits per heavy atom. The van der Waals surface area contributed by atoms with Crippen molar-refractivity contribution >= 4 is 11.9 Å². The normalized spacial score (nSPS) is 13.9. The van der Waals surface area contributed by atoms with Crippen LogP contribution in [0.15, 0.2) is 24.3 Å². The summed E-state index contributed by atoms with van der Waals surface area (Å²) in [5.74, 6) is -0.318. The van der Waals surface area contributed by atoms with E-state index < -0.39 is 0 Å². The van der Waals surface area contributed by atoms with Gasteiger partial charge in [0.15, 0.2) is 0 Å². The molecule has 0 spiro atoms. The Morgan fingerprint density at radius 1 is 1.25 bits per heavy atom. The van der Waals surface area contributed by atoms with Crippen LogP contribution in [0.5, 0.6) is 0 Å². The number of carbonyl (C=O) groups is 2. The van der Waals surface area contributed by atoms with Crippen LogP contribution in [0.25, 0.3) is 0 Å². The number of carbonyl (C=O) groups excluding carboxylic acids is 2. The van der Waals surface area contributed by atoms with Gasteiger partial charge in [0, 0.05) is 6.04 Å². The molecule has 0 atom stereocenters. The summed E-state index contributed by atoms with van der Waals surface area (Å²) >= 11 is 0. The van der Waals surface area contributed by atoms with Crippen LogP contribution in [0.2, 0.25) is 0 Å². The largest absolute Gasteiger partial charge is 0.465 e. The highest BCUT2D eigenvalue weighted by Crippen LogP contribution is 2.27. The molecule has 1 saturated carbocycles. The Balaban J connectivity index is 1.96. The molecule has 1 aromatic rings. The van der Waals surface area contributed by atoms with E-state index in [4.69, 9.17) is 4.74 Å². The minimum atomic E-state index is -0.323. The van der Waals surface area contributed by atoms with E-state index in [-0.39, 0.29) is 24.5 Å². The molecule has 1 fully saturated rings. The van der Waals surface area contributed by atoms with Crippen LogP contribution in [0, 0.1) is 6.92 Å². The van der Waals surface area contributed by atoms with Gasteiger partial charge in [-0.2, -0.15) is 0 Å². The monoisotopic (exact) mass is 275 g/mol. The van der Waals surface area contributed by atoms with E-state index in [9.17, 15) is 9.59 Å². The van der Waals surface area contributed by atoms with Crippen molar-refractivity contribution in [3.8, 4) is 0 Å². The molecule has 0 bridgehead atoms. The molecule has 0 unspecified atom stereocenters. The van der Waals surface area contributed by atoms with Crippen molar-refractivity contribution < 1.29 is 14.3 Å². The van der Waals surface area contributed by atoms with Crippen LogP contribution < -0.4 is 0 Å². The van der Waals surface area contributed by atoms with Gasteiger partial charge in [0.25, 0.3) is 0 Å². The minimum Gasteiger partial charge on any atom is -0.465 e. The van der Waals surface area contributed by atoms with E-state index in [0.717, 1.165) is 18.4 Å². The molecule has 0 saturated heterocycles. The molecule has 0 N–H and O–H groups in total. The first-order valence-corrected chi connectivity index (χ1v) is 7.10. The SMILES string of the molecule is CCOC(=O)CN(C(=O)Cc1ccc(C)cc1)C1CC1. The molecule has 1 aromatic carbocycles. The number of benzene rings is 1. The third-order valence-electron chi connectivity index (χ3n) is 3.39. The Kier molecular flexibility index (Phi) is 4.77. The number of aryl methyl sites for hydroxylation is 1. The van der Waals surface area contributed by atoms with E-state index in [2.05, 4.69) is 0 Å². The number of hydrogen-bond donors (Lipinski definition) is 0. The second kappa shape index (κ2) is 6.55. The average molecular weight is 275 g/mol. The molecule has 1 aliphatic rings. The smallest absolute Gasteiger partial charge is 0.325 e. The second-order valence-electron chi connectivity index (χ2n) is 5.22. The number of nitrogens with zero attached hydrogens (tertiary/aromatic N) is 1. The van der Waals surface area contributed by atoms with Crippen LogP contribution >= 0.6 is 0 Å². The fourth-order valence-corrected chi connectivity index (χ4v) is 2.13. The van der Waals surface area contributed by atoms with E-state index >= 15 is 0 Å². The molecular weight excluding hydrogens is 254 g/mol. The lowest BCUT2D eigenvalue weighted by Crippen LogP contribution is -2.39. The van der Waals surface area contributed by atoms with Gasteiger partial charge >= 0.3 is 5.97 Å². The topological polar surface area (TPSA) is 46.6 Å². The van der Waals surface area contributed by atoms with Gasteiger partial charge in [0.2, 0.25) is 5.91 Å². The number of ether oxygens (including phenoxy) is 1. The van der Waals surface area contributed by atoms with Crippen molar-refractivity contribution in [2.24, 2.45) is 0 Å². The maximum atomic E-state index is 12.3. The molecule has 20 heavy (non-hydrogen) atoms. The molecule has 0 aromatic heterocycles. The van der Waals surface area contributed by atoms with Gasteiger partial charge in [-0.05, 0) is 32.3 Å².